The van der Waals surface area contributed by atoms with Crippen molar-refractivity contribution < 1.29 is 42.9 Å². The van der Waals surface area contributed by atoms with E-state index in [0.29, 0.717) is 12.8 Å². The lowest BCUT2D eigenvalue weighted by Gasteiger charge is -2.65. The molecule has 0 aromatic carbocycles. The van der Waals surface area contributed by atoms with Crippen LogP contribution < -0.4 is 0 Å². The van der Waals surface area contributed by atoms with Crippen LogP contribution in [-0.2, 0) is 33.4 Å². The van der Waals surface area contributed by atoms with Crippen LogP contribution in [-0.4, -0.2) is 47.6 Å². The molecule has 4 aliphatic rings. The minimum atomic E-state index is -2.01. The van der Waals surface area contributed by atoms with Crippen LogP contribution in [0.15, 0.2) is 34.2 Å². The SMILES string of the molecule is COC(=O)C[C@H]1C(C)(C)[C@H](OC(C)=O)[C@]2(O)CC3=C4CC(=O)O[C@@H](c5ccoc5)[C@]4(C)CC[C@@H]3[C@@]1(C)C2=O. The summed E-state index contributed by atoms with van der Waals surface area (Å²) in [7, 11) is 1.30. The van der Waals surface area contributed by atoms with Crippen LogP contribution in [0.25, 0.3) is 0 Å². The van der Waals surface area contributed by atoms with Crippen LogP contribution in [0.1, 0.15) is 78.4 Å². The van der Waals surface area contributed by atoms with Gasteiger partial charge in [0.15, 0.2) is 11.4 Å². The maximum atomic E-state index is 14.3. The van der Waals surface area contributed by atoms with Gasteiger partial charge in [-0.3, -0.25) is 19.2 Å². The van der Waals surface area contributed by atoms with Crippen molar-refractivity contribution in [2.45, 2.75) is 84.5 Å². The lowest BCUT2D eigenvalue weighted by Crippen LogP contribution is -2.74. The van der Waals surface area contributed by atoms with E-state index in [9.17, 15) is 24.3 Å². The fraction of sp³-hybridized carbons (Fsp3) is 0.655. The molecule has 0 unspecified atom stereocenters. The summed E-state index contributed by atoms with van der Waals surface area (Å²) in [5.74, 6) is -2.82. The first-order valence-electron chi connectivity index (χ1n) is 13.2. The van der Waals surface area contributed by atoms with Gasteiger partial charge in [0.25, 0.3) is 0 Å². The number of carbonyl (C=O) groups is 4. The molecule has 9 heteroatoms. The number of carbonyl (C=O) groups excluding carboxylic acids is 4. The number of rotatable bonds is 4. The van der Waals surface area contributed by atoms with Gasteiger partial charge in [-0.05, 0) is 36.3 Å². The molecule has 3 fully saturated rings. The molecule has 1 N–H and O–H groups in total. The molecule has 206 valence electrons. The Morgan fingerprint density at radius 2 is 1.89 bits per heavy atom. The van der Waals surface area contributed by atoms with Crippen molar-refractivity contribution in [2.24, 2.45) is 28.1 Å². The van der Waals surface area contributed by atoms with E-state index in [1.165, 1.54) is 20.3 Å². The van der Waals surface area contributed by atoms with Crippen molar-refractivity contribution in [1.82, 2.24) is 0 Å². The van der Waals surface area contributed by atoms with E-state index in [1.807, 2.05) is 27.7 Å². The second-order valence-corrected chi connectivity index (χ2v) is 12.5. The summed E-state index contributed by atoms with van der Waals surface area (Å²) in [6.07, 6.45) is 2.51. The number of cyclic esters (lactones) is 1. The normalized spacial score (nSPS) is 39.6. The van der Waals surface area contributed by atoms with Crippen LogP contribution in [0.3, 0.4) is 0 Å². The van der Waals surface area contributed by atoms with Crippen LogP contribution in [0.4, 0.5) is 0 Å². The number of ketones is 1. The molecule has 0 radical (unpaired) electrons. The topological polar surface area (TPSA) is 129 Å². The molecule has 1 aromatic heterocycles. The van der Waals surface area contributed by atoms with Gasteiger partial charge in [0.1, 0.15) is 12.2 Å². The van der Waals surface area contributed by atoms with Crippen molar-refractivity contribution in [1.29, 1.82) is 0 Å². The van der Waals surface area contributed by atoms with Crippen molar-refractivity contribution in [2.75, 3.05) is 7.11 Å². The van der Waals surface area contributed by atoms with Crippen LogP contribution in [0.5, 0.6) is 0 Å². The van der Waals surface area contributed by atoms with Gasteiger partial charge in [0.2, 0.25) is 0 Å². The van der Waals surface area contributed by atoms with Crippen LogP contribution in [0.2, 0.25) is 0 Å². The Morgan fingerprint density at radius 3 is 2.50 bits per heavy atom. The zero-order valence-corrected chi connectivity index (χ0v) is 22.8. The first-order chi connectivity index (χ1) is 17.7. The van der Waals surface area contributed by atoms with Crippen molar-refractivity contribution in [3.05, 3.63) is 35.3 Å². The quantitative estimate of drug-likeness (QED) is 0.352. The van der Waals surface area contributed by atoms with Gasteiger partial charge in [-0.15, -0.1) is 0 Å². The summed E-state index contributed by atoms with van der Waals surface area (Å²) in [6, 6.07) is 1.78. The summed E-state index contributed by atoms with van der Waals surface area (Å²) in [6.45, 7) is 8.78. The average Bonchev–Trinajstić information content (AvgIpc) is 3.38. The Labute approximate surface area is 221 Å². The van der Waals surface area contributed by atoms with Gasteiger partial charge in [-0.25, -0.2) is 0 Å². The summed E-state index contributed by atoms with van der Waals surface area (Å²) >= 11 is 0. The Balaban J connectivity index is 1.73. The molecule has 7 atom stereocenters. The standard InChI is InChI=1S/C29H36O9/c1-15(30)37-25-26(2,3)20(12-21(31)35-6)28(5)18-7-9-27(4)19(17(18)13-29(25,34)24(28)33)11-22(32)38-23(27)16-8-10-36-14-16/h8,10,14,18,20,23,25,34H,7,9,11-13H2,1-6H3/t18-,20-,23-,25-,27+,28+,29-/m0/s1. The van der Waals surface area contributed by atoms with Crippen molar-refractivity contribution >= 4 is 23.7 Å². The number of esters is 3. The summed E-state index contributed by atoms with van der Waals surface area (Å²) in [5, 5.41) is 12.2. The molecule has 2 heterocycles. The van der Waals surface area contributed by atoms with E-state index < -0.39 is 57.7 Å². The molecule has 0 spiro atoms. The van der Waals surface area contributed by atoms with E-state index in [-0.39, 0.29) is 31.1 Å². The third-order valence-electron chi connectivity index (χ3n) is 10.1. The fourth-order valence-corrected chi connectivity index (χ4v) is 8.47. The van der Waals surface area contributed by atoms with Crippen LogP contribution in [0, 0.1) is 28.1 Å². The highest BCUT2D eigenvalue weighted by molar-refractivity contribution is 5.98. The molecule has 5 rings (SSSR count). The maximum absolute atomic E-state index is 14.3. The Morgan fingerprint density at radius 1 is 1.18 bits per heavy atom. The zero-order chi connectivity index (χ0) is 27.8. The predicted octanol–water partition coefficient (Wildman–Crippen LogP) is 3.84. The van der Waals surface area contributed by atoms with Gasteiger partial charge >= 0.3 is 17.9 Å². The second-order valence-electron chi connectivity index (χ2n) is 12.5. The van der Waals surface area contributed by atoms with Gasteiger partial charge in [0, 0.05) is 41.6 Å². The van der Waals surface area contributed by atoms with E-state index in [2.05, 4.69) is 0 Å². The Kier molecular flexibility index (Phi) is 5.98. The molecule has 2 bridgehead atoms. The second kappa shape index (κ2) is 8.53. The monoisotopic (exact) mass is 528 g/mol. The lowest BCUT2D eigenvalue weighted by atomic mass is 9.39. The number of hydrogen-bond acceptors (Lipinski definition) is 9. The largest absolute Gasteiger partial charge is 0.472 e. The van der Waals surface area contributed by atoms with E-state index >= 15 is 0 Å². The number of Topliss-reactive ketones (excluding diaryl/α,β-unsaturated/α-hetero) is 1. The fourth-order valence-electron chi connectivity index (χ4n) is 8.47. The highest BCUT2D eigenvalue weighted by atomic mass is 16.6. The van der Waals surface area contributed by atoms with E-state index in [0.717, 1.165) is 16.7 Å². The number of ether oxygens (including phenoxy) is 3. The average molecular weight is 529 g/mol. The first-order valence-corrected chi connectivity index (χ1v) is 13.2. The Bertz CT molecular complexity index is 1230. The number of hydrogen-bond donors (Lipinski definition) is 1. The maximum Gasteiger partial charge on any atom is 0.310 e. The molecule has 38 heavy (non-hydrogen) atoms. The van der Waals surface area contributed by atoms with Crippen LogP contribution >= 0.6 is 0 Å². The smallest absolute Gasteiger partial charge is 0.310 e. The highest BCUT2D eigenvalue weighted by Crippen LogP contribution is 2.68. The summed E-state index contributed by atoms with van der Waals surface area (Å²) < 4.78 is 21.9. The van der Waals surface area contributed by atoms with Crippen molar-refractivity contribution in [3.63, 3.8) is 0 Å². The molecule has 1 saturated heterocycles. The Hall–Kier alpha value is -2.94. The van der Waals surface area contributed by atoms with E-state index in [1.54, 1.807) is 12.3 Å². The first kappa shape index (κ1) is 26.7. The number of methoxy groups -OCH3 is 1. The molecule has 2 saturated carbocycles. The van der Waals surface area contributed by atoms with Gasteiger partial charge in [-0.2, -0.15) is 0 Å². The minimum absolute atomic E-state index is 0.0420. The minimum Gasteiger partial charge on any atom is -0.472 e. The third kappa shape index (κ3) is 3.46. The van der Waals surface area contributed by atoms with Gasteiger partial charge in [0.05, 0.1) is 26.1 Å². The molecule has 1 aromatic rings. The number of furan rings is 1. The summed E-state index contributed by atoms with van der Waals surface area (Å²) in [5.41, 5.74) is -2.24. The third-order valence-corrected chi connectivity index (χ3v) is 10.1. The molecular weight excluding hydrogens is 492 g/mol. The molecule has 3 aliphatic carbocycles. The van der Waals surface area contributed by atoms with Gasteiger partial charge < -0.3 is 23.7 Å². The highest BCUT2D eigenvalue weighted by Gasteiger charge is 2.74. The van der Waals surface area contributed by atoms with E-state index in [4.69, 9.17) is 18.6 Å². The van der Waals surface area contributed by atoms with Gasteiger partial charge in [-0.1, -0.05) is 33.3 Å². The number of fused-ring (bicyclic) bond motifs is 5. The summed E-state index contributed by atoms with van der Waals surface area (Å²) in [4.78, 5) is 52.1. The lowest BCUT2D eigenvalue weighted by molar-refractivity contribution is -0.235. The molecule has 0 amide bonds. The predicted molar refractivity (Wildman–Crippen MR) is 132 cm³/mol. The zero-order valence-electron chi connectivity index (χ0n) is 22.8. The number of aliphatic hydroxyl groups is 1. The molecule has 1 aliphatic heterocycles. The molecular formula is C29H36O9. The molecule has 9 nitrogen and oxygen atoms in total. The van der Waals surface area contributed by atoms with Crippen molar-refractivity contribution in [3.8, 4) is 0 Å².